The molecule has 0 fully saturated rings. The molecule has 0 rings (SSSR count). The Morgan fingerprint density at radius 1 is 1.25 bits per heavy atom. The molecule has 0 heterocycles. The zero-order valence-electron chi connectivity index (χ0n) is 2.46. The van der Waals surface area contributed by atoms with Crippen molar-refractivity contribution in [2.24, 2.45) is 5.73 Å². The van der Waals surface area contributed by atoms with Gasteiger partial charge in [-0.25, -0.2) is 0 Å². The second-order valence-corrected chi connectivity index (χ2v) is 0. The van der Waals surface area contributed by atoms with Crippen LogP contribution in [0.5, 0.6) is 0 Å². The molecule has 0 aliphatic heterocycles. The summed E-state index contributed by atoms with van der Waals surface area (Å²) in [6.07, 6.45) is 0. The van der Waals surface area contributed by atoms with Gasteiger partial charge in [0.05, 0.1) is 0 Å². The van der Waals surface area contributed by atoms with Gasteiger partial charge in [0.15, 0.2) is 0 Å². The average Bonchev–Trinajstić information content (AvgIpc) is 1.00. The van der Waals surface area contributed by atoms with E-state index in [-0.39, 0.29) is 47.9 Å². The molecule has 0 aliphatic carbocycles. The molecule has 5 radical (unpaired) electrons. The van der Waals surface area contributed by atoms with Crippen LogP contribution in [0.4, 0.5) is 0 Å². The first-order chi connectivity index (χ1) is 1.00. The fourth-order valence-corrected chi connectivity index (χ4v) is 0. The van der Waals surface area contributed by atoms with Gasteiger partial charge in [0.1, 0.15) is 0 Å². The Hall–Kier alpha value is 1.49. The zero-order chi connectivity index (χ0) is 2.00. The molecular weight excluding hydrogens is 272 g/mol. The Bertz CT molecular complexity index is 8.00. The van der Waals surface area contributed by atoms with E-state index in [1.54, 1.807) is 0 Å². The third kappa shape index (κ3) is 9.75. The van der Waals surface area contributed by atoms with Crippen molar-refractivity contribution >= 4 is 47.9 Å². The second-order valence-electron chi connectivity index (χ2n) is 0. The van der Waals surface area contributed by atoms with Crippen LogP contribution in [0.15, 0.2) is 0 Å². The molecule has 25 valence electrons. The molecule has 0 amide bonds. The van der Waals surface area contributed by atoms with E-state index in [1.807, 2.05) is 0 Å². The molecule has 0 atom stereocenters. The van der Waals surface area contributed by atoms with Crippen LogP contribution in [-0.2, 0) is 0 Å². The topological polar surface area (TPSA) is 26.0 Å². The van der Waals surface area contributed by atoms with E-state index < -0.39 is 0 Å². The van der Waals surface area contributed by atoms with Crippen molar-refractivity contribution in [1.29, 1.82) is 0 Å². The molecule has 0 aliphatic rings. The van der Waals surface area contributed by atoms with E-state index in [4.69, 9.17) is 0 Å². The van der Waals surface area contributed by atoms with E-state index in [2.05, 4.69) is 5.73 Å². The van der Waals surface area contributed by atoms with Gasteiger partial charge in [0.2, 0.25) is 0 Å². The molecule has 0 bridgehead atoms. The Morgan fingerprint density at radius 3 is 1.25 bits per heavy atom. The summed E-state index contributed by atoms with van der Waals surface area (Å²) in [5.41, 5.74) is 4.50. The number of hydrogen-bond donors (Lipinski definition) is 1. The van der Waals surface area contributed by atoms with Crippen molar-refractivity contribution in [3.8, 4) is 0 Å². The third-order valence-corrected chi connectivity index (χ3v) is 0. The molecule has 0 aromatic carbocycles. The smallest absolute Gasteiger partial charge is 0 e. The molecular formula is CH5INSn. The maximum atomic E-state index is 4.50. The predicted octanol–water partition coefficient (Wildman–Crippen LogP) is 0.0798. The first-order valence-corrected chi connectivity index (χ1v) is 0.577. The van der Waals surface area contributed by atoms with Gasteiger partial charge in [-0.3, -0.25) is 0 Å². The molecule has 0 aromatic rings. The second kappa shape index (κ2) is 24.7. The Balaban J connectivity index is -0.00000000500. The molecule has 4 heavy (non-hydrogen) atoms. The molecule has 0 unspecified atom stereocenters. The largest absolute Gasteiger partial charge is 0.333 e. The van der Waals surface area contributed by atoms with Gasteiger partial charge in [-0.05, 0) is 7.05 Å². The van der Waals surface area contributed by atoms with Crippen LogP contribution in [-0.4, -0.2) is 31.0 Å². The summed E-state index contributed by atoms with van der Waals surface area (Å²) in [5, 5.41) is 0. The van der Waals surface area contributed by atoms with Gasteiger partial charge in [-0.15, -0.1) is 0 Å². The molecule has 0 spiro atoms. The zero-order valence-corrected chi connectivity index (χ0v) is 7.47. The standard InChI is InChI=1S/CH5N.I.Sn/c1-2;;/h2H2,1H3;;. The predicted molar refractivity (Wildman–Crippen MR) is 29.9 cm³/mol. The van der Waals surface area contributed by atoms with Crippen molar-refractivity contribution < 1.29 is 0 Å². The van der Waals surface area contributed by atoms with Crippen molar-refractivity contribution in [1.82, 2.24) is 0 Å². The summed E-state index contributed by atoms with van der Waals surface area (Å²) in [6.45, 7) is 0. The number of hydrogen-bond acceptors (Lipinski definition) is 1. The van der Waals surface area contributed by atoms with Crippen LogP contribution < -0.4 is 5.73 Å². The van der Waals surface area contributed by atoms with E-state index >= 15 is 0 Å². The first-order valence-electron chi connectivity index (χ1n) is 0.577. The maximum absolute atomic E-state index is 4.50. The van der Waals surface area contributed by atoms with E-state index in [1.165, 1.54) is 7.05 Å². The number of rotatable bonds is 0. The van der Waals surface area contributed by atoms with Crippen LogP contribution in [0.3, 0.4) is 0 Å². The summed E-state index contributed by atoms with van der Waals surface area (Å²) in [6, 6.07) is 0. The van der Waals surface area contributed by atoms with Gasteiger partial charge in [0, 0.05) is 47.9 Å². The number of halogens is 1. The summed E-state index contributed by atoms with van der Waals surface area (Å²) < 4.78 is 0. The Kier molecular flexibility index (Phi) is 110. The molecule has 0 saturated heterocycles. The van der Waals surface area contributed by atoms with E-state index in [9.17, 15) is 0 Å². The number of nitrogens with two attached hydrogens (primary N) is 1. The minimum absolute atomic E-state index is 0. The molecule has 0 saturated carbocycles. The maximum Gasteiger partial charge on any atom is 0 e. The van der Waals surface area contributed by atoms with Crippen LogP contribution in [0.25, 0.3) is 0 Å². The van der Waals surface area contributed by atoms with Crippen molar-refractivity contribution in [2.75, 3.05) is 7.05 Å². The van der Waals surface area contributed by atoms with E-state index in [0.29, 0.717) is 0 Å². The van der Waals surface area contributed by atoms with Gasteiger partial charge >= 0.3 is 0 Å². The van der Waals surface area contributed by atoms with Gasteiger partial charge in [-0.2, -0.15) is 0 Å². The van der Waals surface area contributed by atoms with Crippen LogP contribution in [0.1, 0.15) is 0 Å². The SMILES string of the molecule is CN.[I].[Sn]. The summed E-state index contributed by atoms with van der Waals surface area (Å²) in [7, 11) is 1.50. The molecule has 1 nitrogen and oxygen atoms in total. The Labute approximate surface area is 60.3 Å². The van der Waals surface area contributed by atoms with Crippen molar-refractivity contribution in [3.05, 3.63) is 0 Å². The Morgan fingerprint density at radius 2 is 1.25 bits per heavy atom. The van der Waals surface area contributed by atoms with Crippen molar-refractivity contribution in [2.45, 2.75) is 0 Å². The average molecular weight is 277 g/mol. The van der Waals surface area contributed by atoms with Crippen LogP contribution in [0, 0.1) is 0 Å². The first kappa shape index (κ1) is 17.9. The van der Waals surface area contributed by atoms with Crippen LogP contribution >= 0.6 is 24.0 Å². The summed E-state index contributed by atoms with van der Waals surface area (Å²) in [5.74, 6) is 0. The summed E-state index contributed by atoms with van der Waals surface area (Å²) >= 11 is 0. The molecule has 0 aromatic heterocycles. The van der Waals surface area contributed by atoms with E-state index in [0.717, 1.165) is 0 Å². The quantitative estimate of drug-likeness (QED) is 0.492. The molecule has 2 N–H and O–H groups in total. The van der Waals surface area contributed by atoms with Gasteiger partial charge < -0.3 is 5.73 Å². The molecule has 3 heteroatoms. The normalized spacial score (nSPS) is 1.50. The monoisotopic (exact) mass is 278 g/mol. The third-order valence-electron chi connectivity index (χ3n) is 0. The van der Waals surface area contributed by atoms with Crippen LogP contribution in [0.2, 0.25) is 0 Å². The minimum atomic E-state index is 0. The fraction of sp³-hybridized carbons (Fsp3) is 1.00. The van der Waals surface area contributed by atoms with Gasteiger partial charge in [0.25, 0.3) is 0 Å². The minimum Gasteiger partial charge on any atom is -0.333 e. The fourth-order valence-electron chi connectivity index (χ4n) is 0. The van der Waals surface area contributed by atoms with Gasteiger partial charge in [-0.1, -0.05) is 0 Å². The summed E-state index contributed by atoms with van der Waals surface area (Å²) in [4.78, 5) is 0. The van der Waals surface area contributed by atoms with Crippen molar-refractivity contribution in [3.63, 3.8) is 0 Å².